The van der Waals surface area contributed by atoms with Gasteiger partial charge in [-0.2, -0.15) is 5.10 Å². The zero-order valence-corrected chi connectivity index (χ0v) is 19.1. The Morgan fingerprint density at radius 1 is 1.12 bits per heavy atom. The van der Waals surface area contributed by atoms with Gasteiger partial charge in [0.15, 0.2) is 0 Å². The molecule has 1 N–H and O–H groups in total. The fraction of sp³-hybridized carbons (Fsp3) is 0.360. The largest absolute Gasteiger partial charge is 0.497 e. The number of para-hydroxylation sites is 1. The molecule has 2 aromatic carbocycles. The first-order valence-electron chi connectivity index (χ1n) is 10.9. The Labute approximate surface area is 188 Å². The van der Waals surface area contributed by atoms with Crippen LogP contribution in [-0.2, 0) is 4.79 Å². The highest BCUT2D eigenvalue weighted by atomic mass is 16.5. The molecule has 1 aromatic heterocycles. The number of amides is 1. The number of nitrogens with zero attached hydrogens (tertiary/aromatic N) is 3. The number of hydrogen-bond acceptors (Lipinski definition) is 5. The van der Waals surface area contributed by atoms with Crippen molar-refractivity contribution in [2.24, 2.45) is 0 Å². The standard InChI is InChI=1S/C25H30N4O3/c1-17-25(18(2)29(27-17)19-9-6-5-7-10-19)26-24(30)16-28-14-8-11-22(28)21-15-20(31-3)12-13-23(21)32-4/h5-7,9-10,12-13,15,22H,8,11,14,16H2,1-4H3,(H,26,30). The Morgan fingerprint density at radius 3 is 2.62 bits per heavy atom. The summed E-state index contributed by atoms with van der Waals surface area (Å²) in [5.41, 5.74) is 4.51. The maximum absolute atomic E-state index is 13.0. The number of rotatable bonds is 7. The maximum Gasteiger partial charge on any atom is 0.238 e. The van der Waals surface area contributed by atoms with E-state index in [1.807, 2.05) is 67.1 Å². The Kier molecular flexibility index (Phi) is 6.46. The van der Waals surface area contributed by atoms with Gasteiger partial charge in [0.25, 0.3) is 0 Å². The highest BCUT2D eigenvalue weighted by molar-refractivity contribution is 5.93. The molecule has 0 radical (unpaired) electrons. The van der Waals surface area contributed by atoms with Gasteiger partial charge in [0, 0.05) is 11.6 Å². The summed E-state index contributed by atoms with van der Waals surface area (Å²) in [4.78, 5) is 15.2. The van der Waals surface area contributed by atoms with Crippen LogP contribution < -0.4 is 14.8 Å². The lowest BCUT2D eigenvalue weighted by Gasteiger charge is -2.26. The molecule has 3 aromatic rings. The van der Waals surface area contributed by atoms with Gasteiger partial charge in [-0.25, -0.2) is 4.68 Å². The molecule has 1 aliphatic heterocycles. The molecule has 0 aliphatic carbocycles. The lowest BCUT2D eigenvalue weighted by atomic mass is 10.0. The number of nitrogens with one attached hydrogen (secondary N) is 1. The van der Waals surface area contributed by atoms with Gasteiger partial charge in [0.05, 0.1) is 43.5 Å². The van der Waals surface area contributed by atoms with E-state index < -0.39 is 0 Å². The molecule has 0 spiro atoms. The van der Waals surface area contributed by atoms with Crippen molar-refractivity contribution in [3.63, 3.8) is 0 Å². The number of anilines is 1. The topological polar surface area (TPSA) is 68.6 Å². The van der Waals surface area contributed by atoms with Gasteiger partial charge in [0.1, 0.15) is 11.5 Å². The van der Waals surface area contributed by atoms with Crippen LogP contribution >= 0.6 is 0 Å². The summed E-state index contributed by atoms with van der Waals surface area (Å²) in [6.07, 6.45) is 2.00. The number of aromatic nitrogens is 2. The first-order valence-corrected chi connectivity index (χ1v) is 10.9. The molecular weight excluding hydrogens is 404 g/mol. The Hall–Kier alpha value is -3.32. The van der Waals surface area contributed by atoms with Crippen LogP contribution in [-0.4, -0.2) is 47.9 Å². The van der Waals surface area contributed by atoms with Crippen molar-refractivity contribution in [3.05, 3.63) is 65.5 Å². The lowest BCUT2D eigenvalue weighted by molar-refractivity contribution is -0.117. The van der Waals surface area contributed by atoms with Crippen LogP contribution in [0.3, 0.4) is 0 Å². The van der Waals surface area contributed by atoms with Crippen molar-refractivity contribution in [3.8, 4) is 17.2 Å². The summed E-state index contributed by atoms with van der Waals surface area (Å²) in [5, 5.41) is 7.73. The smallest absolute Gasteiger partial charge is 0.238 e. The van der Waals surface area contributed by atoms with E-state index in [2.05, 4.69) is 15.3 Å². The average Bonchev–Trinajstić information content (AvgIpc) is 3.38. The van der Waals surface area contributed by atoms with Crippen LogP contribution in [0.4, 0.5) is 5.69 Å². The number of hydrogen-bond donors (Lipinski definition) is 1. The predicted molar refractivity (Wildman–Crippen MR) is 125 cm³/mol. The van der Waals surface area contributed by atoms with E-state index in [4.69, 9.17) is 9.47 Å². The highest BCUT2D eigenvalue weighted by Crippen LogP contribution is 2.38. The van der Waals surface area contributed by atoms with Crippen molar-refractivity contribution in [1.82, 2.24) is 14.7 Å². The van der Waals surface area contributed by atoms with Crippen molar-refractivity contribution in [2.75, 3.05) is 32.6 Å². The van der Waals surface area contributed by atoms with Crippen LogP contribution in [0.25, 0.3) is 5.69 Å². The molecule has 0 saturated carbocycles. The highest BCUT2D eigenvalue weighted by Gasteiger charge is 2.30. The molecular formula is C25H30N4O3. The Bertz CT molecular complexity index is 1090. The minimum atomic E-state index is -0.0439. The number of methoxy groups -OCH3 is 2. The fourth-order valence-corrected chi connectivity index (χ4v) is 4.47. The molecule has 1 atom stereocenters. The Balaban J connectivity index is 1.51. The molecule has 1 saturated heterocycles. The van der Waals surface area contributed by atoms with Crippen LogP contribution in [0.15, 0.2) is 48.5 Å². The van der Waals surface area contributed by atoms with Crippen molar-refractivity contribution < 1.29 is 14.3 Å². The third kappa shape index (κ3) is 4.34. The molecule has 1 aliphatic rings. The van der Waals surface area contributed by atoms with Gasteiger partial charge in [-0.05, 0) is 63.6 Å². The zero-order chi connectivity index (χ0) is 22.7. The predicted octanol–water partition coefficient (Wildman–Crippen LogP) is 4.28. The molecule has 0 bridgehead atoms. The molecule has 7 nitrogen and oxygen atoms in total. The van der Waals surface area contributed by atoms with E-state index in [1.54, 1.807) is 14.2 Å². The van der Waals surface area contributed by atoms with E-state index in [0.717, 1.165) is 59.2 Å². The number of benzene rings is 2. The van der Waals surface area contributed by atoms with Crippen LogP contribution in [0, 0.1) is 13.8 Å². The molecule has 168 valence electrons. The van der Waals surface area contributed by atoms with Gasteiger partial charge in [-0.15, -0.1) is 0 Å². The summed E-state index contributed by atoms with van der Waals surface area (Å²) >= 11 is 0. The quantitative estimate of drug-likeness (QED) is 0.601. The zero-order valence-electron chi connectivity index (χ0n) is 19.1. The third-order valence-corrected chi connectivity index (χ3v) is 6.06. The Morgan fingerprint density at radius 2 is 1.91 bits per heavy atom. The van der Waals surface area contributed by atoms with E-state index in [-0.39, 0.29) is 11.9 Å². The second-order valence-corrected chi connectivity index (χ2v) is 8.08. The molecule has 4 rings (SSSR count). The molecule has 7 heteroatoms. The molecule has 1 unspecified atom stereocenters. The van der Waals surface area contributed by atoms with E-state index in [1.165, 1.54) is 0 Å². The van der Waals surface area contributed by atoms with Gasteiger partial charge in [0.2, 0.25) is 5.91 Å². The van der Waals surface area contributed by atoms with Crippen molar-refractivity contribution in [2.45, 2.75) is 32.7 Å². The van der Waals surface area contributed by atoms with Crippen LogP contribution in [0.1, 0.15) is 35.8 Å². The minimum Gasteiger partial charge on any atom is -0.497 e. The lowest BCUT2D eigenvalue weighted by Crippen LogP contribution is -2.33. The van der Waals surface area contributed by atoms with Crippen molar-refractivity contribution >= 4 is 11.6 Å². The second kappa shape index (κ2) is 9.44. The number of likely N-dealkylation sites (tertiary alicyclic amines) is 1. The molecule has 32 heavy (non-hydrogen) atoms. The van der Waals surface area contributed by atoms with E-state index >= 15 is 0 Å². The number of ether oxygens (including phenoxy) is 2. The summed E-state index contributed by atoms with van der Waals surface area (Å²) < 4.78 is 12.9. The van der Waals surface area contributed by atoms with Crippen molar-refractivity contribution in [1.29, 1.82) is 0 Å². The molecule has 1 amide bonds. The fourth-order valence-electron chi connectivity index (χ4n) is 4.47. The number of aryl methyl sites for hydroxylation is 1. The maximum atomic E-state index is 13.0. The molecule has 2 heterocycles. The average molecular weight is 435 g/mol. The second-order valence-electron chi connectivity index (χ2n) is 8.08. The van der Waals surface area contributed by atoms with E-state index in [0.29, 0.717) is 6.54 Å². The van der Waals surface area contributed by atoms with Crippen LogP contribution in [0.5, 0.6) is 11.5 Å². The van der Waals surface area contributed by atoms with Gasteiger partial charge >= 0.3 is 0 Å². The summed E-state index contributed by atoms with van der Waals surface area (Å²) in [6, 6.07) is 15.9. The van der Waals surface area contributed by atoms with Gasteiger partial charge in [-0.3, -0.25) is 9.69 Å². The third-order valence-electron chi connectivity index (χ3n) is 6.06. The first-order chi connectivity index (χ1) is 15.5. The first kappa shape index (κ1) is 21.9. The molecule has 1 fully saturated rings. The minimum absolute atomic E-state index is 0.0439. The number of carbonyl (C=O) groups is 1. The normalized spacial score (nSPS) is 16.2. The van der Waals surface area contributed by atoms with Gasteiger partial charge < -0.3 is 14.8 Å². The summed E-state index contributed by atoms with van der Waals surface area (Å²) in [5.74, 6) is 1.56. The van der Waals surface area contributed by atoms with E-state index in [9.17, 15) is 4.79 Å². The monoisotopic (exact) mass is 434 g/mol. The summed E-state index contributed by atoms with van der Waals surface area (Å²) in [7, 11) is 3.33. The van der Waals surface area contributed by atoms with Crippen LogP contribution in [0.2, 0.25) is 0 Å². The number of carbonyl (C=O) groups excluding carboxylic acids is 1. The SMILES string of the molecule is COc1ccc(OC)c(C2CCCN2CC(=O)Nc2c(C)nn(-c3ccccc3)c2C)c1. The summed E-state index contributed by atoms with van der Waals surface area (Å²) in [6.45, 7) is 5.06. The van der Waals surface area contributed by atoms with Gasteiger partial charge in [-0.1, -0.05) is 18.2 Å².